The molecule has 7 heteroatoms. The van der Waals surface area contributed by atoms with Crippen LogP contribution in [-0.2, 0) is 9.59 Å². The fourth-order valence-electron chi connectivity index (χ4n) is 4.19. The van der Waals surface area contributed by atoms with Gasteiger partial charge in [0.1, 0.15) is 18.4 Å². The van der Waals surface area contributed by atoms with E-state index in [1.165, 1.54) is 12.4 Å². The van der Waals surface area contributed by atoms with E-state index in [-0.39, 0.29) is 30.3 Å². The summed E-state index contributed by atoms with van der Waals surface area (Å²) >= 11 is 0. The van der Waals surface area contributed by atoms with Crippen LogP contribution in [0.1, 0.15) is 23.5 Å². The van der Waals surface area contributed by atoms with E-state index in [9.17, 15) is 14.0 Å². The van der Waals surface area contributed by atoms with Crippen LogP contribution in [0.5, 0.6) is 0 Å². The minimum absolute atomic E-state index is 0.203. The predicted molar refractivity (Wildman–Crippen MR) is 102 cm³/mol. The van der Waals surface area contributed by atoms with Gasteiger partial charge in [-0.05, 0) is 24.1 Å². The summed E-state index contributed by atoms with van der Waals surface area (Å²) in [7, 11) is 0. The predicted octanol–water partition coefficient (Wildman–Crippen LogP) is 1.86. The number of carbonyl (C=O) groups is 2. The molecule has 1 aromatic heterocycles. The lowest BCUT2D eigenvalue weighted by molar-refractivity contribution is -0.138. The molecule has 2 aromatic rings. The summed E-state index contributed by atoms with van der Waals surface area (Å²) in [6.07, 6.45) is 6.53. The fraction of sp³-hybridized carbons (Fsp3) is 0.333. The third kappa shape index (κ3) is 3.71. The molecule has 0 spiro atoms. The Morgan fingerprint density at radius 2 is 1.93 bits per heavy atom. The molecule has 4 rings (SSSR count). The molecule has 2 fully saturated rings. The van der Waals surface area contributed by atoms with Gasteiger partial charge in [0.15, 0.2) is 5.78 Å². The molecule has 0 bridgehead atoms. The maximum absolute atomic E-state index is 14.2. The lowest BCUT2D eigenvalue weighted by Gasteiger charge is -2.46. The molecular weight excluding hydrogens is 359 g/mol. The number of nitrogens with zero attached hydrogens (tertiary/aromatic N) is 2. The number of amides is 1. The number of hydrogen-bond donors (Lipinski definition) is 2. The van der Waals surface area contributed by atoms with Crippen molar-refractivity contribution >= 4 is 17.8 Å². The van der Waals surface area contributed by atoms with E-state index in [0.717, 1.165) is 5.56 Å². The van der Waals surface area contributed by atoms with Gasteiger partial charge in [-0.15, -0.1) is 0 Å². The standard InChI is InChI=1S/C21H21FN4O2/c22-15-8-16-18(14-4-2-1-3-5-14)19(21(28)26-20(16)25-11-15)17(27)7-6-13-9-23-12-24-10-13/h1-7,9-10,12,15-16,18-20,25H,8,11H2,(H,26,28)/b7-6+. The number of halogens is 1. The highest BCUT2D eigenvalue weighted by molar-refractivity contribution is 6.09. The van der Waals surface area contributed by atoms with Crippen molar-refractivity contribution in [2.24, 2.45) is 11.8 Å². The molecule has 144 valence electrons. The number of nitrogens with one attached hydrogen (secondary N) is 2. The van der Waals surface area contributed by atoms with Gasteiger partial charge in [-0.25, -0.2) is 14.4 Å². The highest BCUT2D eigenvalue weighted by Crippen LogP contribution is 2.42. The smallest absolute Gasteiger partial charge is 0.232 e. The van der Waals surface area contributed by atoms with Gasteiger partial charge in [-0.3, -0.25) is 14.9 Å². The fourth-order valence-corrected chi connectivity index (χ4v) is 4.19. The number of alkyl halides is 1. The maximum atomic E-state index is 14.2. The lowest BCUT2D eigenvalue weighted by Crippen LogP contribution is -2.64. The average Bonchev–Trinajstić information content (AvgIpc) is 2.73. The Kier molecular flexibility index (Phi) is 5.25. The molecule has 1 aromatic carbocycles. The zero-order valence-electron chi connectivity index (χ0n) is 15.2. The third-order valence-corrected chi connectivity index (χ3v) is 5.43. The van der Waals surface area contributed by atoms with E-state index < -0.39 is 18.0 Å². The SMILES string of the molecule is O=C(/C=C/c1cncnc1)C1C(=O)NC2NCC(F)CC2C1c1ccccc1. The Morgan fingerprint density at radius 3 is 2.68 bits per heavy atom. The van der Waals surface area contributed by atoms with Gasteiger partial charge in [0.2, 0.25) is 5.91 Å². The monoisotopic (exact) mass is 380 g/mol. The molecule has 5 atom stereocenters. The quantitative estimate of drug-likeness (QED) is 0.625. The second-order valence-electron chi connectivity index (χ2n) is 7.21. The van der Waals surface area contributed by atoms with E-state index in [2.05, 4.69) is 20.6 Å². The first kappa shape index (κ1) is 18.4. The van der Waals surface area contributed by atoms with Crippen LogP contribution in [0.3, 0.4) is 0 Å². The highest BCUT2D eigenvalue weighted by Gasteiger charge is 2.49. The summed E-state index contributed by atoms with van der Waals surface area (Å²) in [5.74, 6) is -2.15. The zero-order chi connectivity index (χ0) is 19.5. The highest BCUT2D eigenvalue weighted by atomic mass is 19.1. The van der Waals surface area contributed by atoms with Crippen molar-refractivity contribution in [3.63, 3.8) is 0 Å². The van der Waals surface area contributed by atoms with Crippen molar-refractivity contribution in [2.45, 2.75) is 24.7 Å². The van der Waals surface area contributed by atoms with Crippen LogP contribution in [0.15, 0.2) is 55.1 Å². The third-order valence-electron chi connectivity index (χ3n) is 5.43. The van der Waals surface area contributed by atoms with Crippen molar-refractivity contribution in [1.82, 2.24) is 20.6 Å². The number of benzene rings is 1. The first-order chi connectivity index (χ1) is 13.6. The molecule has 6 nitrogen and oxygen atoms in total. The maximum Gasteiger partial charge on any atom is 0.232 e. The van der Waals surface area contributed by atoms with Gasteiger partial charge >= 0.3 is 0 Å². The Morgan fingerprint density at radius 1 is 1.18 bits per heavy atom. The molecule has 5 unspecified atom stereocenters. The number of carbonyl (C=O) groups excluding carboxylic acids is 2. The number of piperidine rings is 2. The number of ketones is 1. The summed E-state index contributed by atoms with van der Waals surface area (Å²) in [5, 5.41) is 5.94. The van der Waals surface area contributed by atoms with Crippen LogP contribution in [0, 0.1) is 11.8 Å². The Labute approximate surface area is 162 Å². The van der Waals surface area contributed by atoms with Crippen molar-refractivity contribution in [1.29, 1.82) is 0 Å². The van der Waals surface area contributed by atoms with E-state index in [0.29, 0.717) is 12.0 Å². The first-order valence-corrected chi connectivity index (χ1v) is 9.33. The molecule has 2 N–H and O–H groups in total. The second-order valence-corrected chi connectivity index (χ2v) is 7.21. The van der Waals surface area contributed by atoms with Gasteiger partial charge < -0.3 is 5.32 Å². The van der Waals surface area contributed by atoms with Gasteiger partial charge in [-0.2, -0.15) is 0 Å². The Hall–Kier alpha value is -2.93. The van der Waals surface area contributed by atoms with E-state index in [4.69, 9.17) is 0 Å². The molecule has 3 heterocycles. The first-order valence-electron chi connectivity index (χ1n) is 9.33. The molecular formula is C21H21FN4O2. The van der Waals surface area contributed by atoms with Crippen LogP contribution in [0.4, 0.5) is 4.39 Å². The average molecular weight is 380 g/mol. The summed E-state index contributed by atoms with van der Waals surface area (Å²) in [6, 6.07) is 9.43. The van der Waals surface area contributed by atoms with Crippen LogP contribution in [0.2, 0.25) is 0 Å². The van der Waals surface area contributed by atoms with E-state index in [1.54, 1.807) is 18.5 Å². The number of allylic oxidation sites excluding steroid dienone is 1. The summed E-state index contributed by atoms with van der Waals surface area (Å²) in [6.45, 7) is 0.204. The van der Waals surface area contributed by atoms with Crippen LogP contribution in [0.25, 0.3) is 6.08 Å². The van der Waals surface area contributed by atoms with Crippen molar-refractivity contribution in [3.8, 4) is 0 Å². The topological polar surface area (TPSA) is 84.0 Å². The zero-order valence-corrected chi connectivity index (χ0v) is 15.2. The summed E-state index contributed by atoms with van der Waals surface area (Å²) in [5.41, 5.74) is 1.54. The second kappa shape index (κ2) is 7.98. The minimum atomic E-state index is -1.00. The molecule has 2 aliphatic rings. The largest absolute Gasteiger partial charge is 0.340 e. The normalized spacial score (nSPS) is 29.9. The number of aromatic nitrogens is 2. The number of hydrogen-bond acceptors (Lipinski definition) is 5. The number of rotatable bonds is 4. The van der Waals surface area contributed by atoms with Gasteiger partial charge in [0.05, 0.1) is 6.17 Å². The van der Waals surface area contributed by atoms with Crippen LogP contribution >= 0.6 is 0 Å². The van der Waals surface area contributed by atoms with Crippen LogP contribution < -0.4 is 10.6 Å². The molecule has 28 heavy (non-hydrogen) atoms. The lowest BCUT2D eigenvalue weighted by atomic mass is 9.68. The van der Waals surface area contributed by atoms with Gasteiger partial charge in [-0.1, -0.05) is 30.3 Å². The Bertz CT molecular complexity index is 874. The Balaban J connectivity index is 1.67. The number of fused-ring (bicyclic) bond motifs is 1. The van der Waals surface area contributed by atoms with E-state index >= 15 is 0 Å². The molecule has 2 aliphatic heterocycles. The van der Waals surface area contributed by atoms with Crippen molar-refractivity contribution in [2.75, 3.05) is 6.54 Å². The summed E-state index contributed by atoms with van der Waals surface area (Å²) in [4.78, 5) is 33.7. The van der Waals surface area contributed by atoms with Crippen LogP contribution in [-0.4, -0.2) is 40.5 Å². The molecule has 0 saturated carbocycles. The van der Waals surface area contributed by atoms with Crippen molar-refractivity contribution in [3.05, 3.63) is 66.3 Å². The van der Waals surface area contributed by atoms with Gasteiger partial charge in [0, 0.05) is 36.3 Å². The minimum Gasteiger partial charge on any atom is -0.340 e. The molecule has 1 amide bonds. The molecule has 0 aliphatic carbocycles. The molecule has 2 saturated heterocycles. The molecule has 0 radical (unpaired) electrons. The summed E-state index contributed by atoms with van der Waals surface area (Å²) < 4.78 is 14.2. The van der Waals surface area contributed by atoms with Crippen molar-refractivity contribution < 1.29 is 14.0 Å². The van der Waals surface area contributed by atoms with E-state index in [1.807, 2.05) is 30.3 Å². The van der Waals surface area contributed by atoms with Gasteiger partial charge in [0.25, 0.3) is 0 Å².